The number of ketones is 1. The van der Waals surface area contributed by atoms with Crippen LogP contribution in [0.4, 0.5) is 5.69 Å². The van der Waals surface area contributed by atoms with Gasteiger partial charge in [0.25, 0.3) is 23.4 Å². The van der Waals surface area contributed by atoms with E-state index in [-0.39, 0.29) is 21.2 Å². The van der Waals surface area contributed by atoms with Crippen LogP contribution < -0.4 is 0 Å². The van der Waals surface area contributed by atoms with Gasteiger partial charge in [0, 0.05) is 23.3 Å². The lowest BCUT2D eigenvalue weighted by Crippen LogP contribution is -2.56. The van der Waals surface area contributed by atoms with Crippen LogP contribution in [-0.2, 0) is 9.59 Å². The smallest absolute Gasteiger partial charge is 0.273 e. The first-order valence-electron chi connectivity index (χ1n) is 11.5. The lowest BCUT2D eigenvalue weighted by Gasteiger charge is -2.36. The number of amides is 3. The molecule has 5 rings (SSSR count). The largest absolute Gasteiger partial charge is 0.292 e. The maximum absolute atomic E-state index is 13.9. The maximum atomic E-state index is 13.9. The van der Waals surface area contributed by atoms with Gasteiger partial charge in [0.05, 0.1) is 26.8 Å². The highest BCUT2D eigenvalue weighted by Gasteiger charge is 2.88. The Hall–Kier alpha value is -2.40. The Kier molecular flexibility index (Phi) is 6.97. The maximum Gasteiger partial charge on any atom is 0.273 e. The van der Waals surface area contributed by atoms with Gasteiger partial charge in [-0.1, -0.05) is 82.3 Å². The van der Waals surface area contributed by atoms with Crippen molar-refractivity contribution in [3.8, 4) is 0 Å². The number of halogens is 6. The quantitative estimate of drug-likeness (QED) is 0.131. The summed E-state index contributed by atoms with van der Waals surface area (Å²) < 4.78 is -2.20. The molecule has 2 aliphatic carbocycles. The molecule has 2 aromatic rings. The summed E-state index contributed by atoms with van der Waals surface area (Å²) in [5.41, 5.74) is 0.338. The first-order chi connectivity index (χ1) is 18.6. The average molecular weight is 666 g/mol. The van der Waals surface area contributed by atoms with Crippen molar-refractivity contribution < 1.29 is 24.1 Å². The zero-order valence-corrected chi connectivity index (χ0v) is 24.6. The third kappa shape index (κ3) is 3.68. The van der Waals surface area contributed by atoms with Crippen LogP contribution in [0.15, 0.2) is 58.6 Å². The number of rotatable bonds is 6. The second-order valence-corrected chi connectivity index (χ2v) is 12.8. The van der Waals surface area contributed by atoms with Crippen molar-refractivity contribution in [2.75, 3.05) is 6.54 Å². The molecule has 2 aromatic carbocycles. The summed E-state index contributed by atoms with van der Waals surface area (Å²) in [6, 6.07) is 10.9. The summed E-state index contributed by atoms with van der Waals surface area (Å²) in [7, 11) is 0. The highest BCUT2D eigenvalue weighted by molar-refractivity contribution is 6.66. The number of Topliss-reactive ketones (excluding diaryl/α,β-unsaturated/α-hetero) is 1. The van der Waals surface area contributed by atoms with Crippen LogP contribution >= 0.6 is 69.6 Å². The lowest BCUT2D eigenvalue weighted by molar-refractivity contribution is -0.384. The van der Waals surface area contributed by atoms with Crippen LogP contribution in [0, 0.1) is 28.9 Å². The van der Waals surface area contributed by atoms with Gasteiger partial charge in [-0.15, -0.1) is 23.2 Å². The van der Waals surface area contributed by atoms with Crippen molar-refractivity contribution in [1.82, 2.24) is 10.0 Å². The molecule has 208 valence electrons. The van der Waals surface area contributed by atoms with E-state index in [9.17, 15) is 29.3 Å². The average Bonchev–Trinajstić information content (AvgIpc) is 3.30. The molecule has 15 heteroatoms. The zero-order valence-electron chi connectivity index (χ0n) is 20.0. The number of benzene rings is 2. The first-order valence-corrected chi connectivity index (χ1v) is 13.7. The topological polar surface area (TPSA) is 118 Å². The fraction of sp³-hybridized carbons (Fsp3) is 0.280. The third-order valence-electron chi connectivity index (χ3n) is 7.33. The van der Waals surface area contributed by atoms with Gasteiger partial charge in [-0.25, -0.2) is 5.01 Å². The number of carbonyl (C=O) groups is 4. The van der Waals surface area contributed by atoms with E-state index in [2.05, 4.69) is 0 Å². The summed E-state index contributed by atoms with van der Waals surface area (Å²) >= 11 is 39.2. The van der Waals surface area contributed by atoms with Gasteiger partial charge in [-0.2, -0.15) is 5.01 Å². The molecule has 0 radical (unpaired) electrons. The highest BCUT2D eigenvalue weighted by Crippen LogP contribution is 2.77. The molecule has 1 saturated carbocycles. The van der Waals surface area contributed by atoms with Crippen LogP contribution in [0.3, 0.4) is 0 Å². The van der Waals surface area contributed by atoms with E-state index < -0.39 is 66.6 Å². The lowest BCUT2D eigenvalue weighted by atomic mass is 9.84. The van der Waals surface area contributed by atoms with E-state index in [1.165, 1.54) is 24.3 Å². The van der Waals surface area contributed by atoms with E-state index in [0.717, 1.165) is 17.7 Å². The molecular weight excluding hydrogens is 651 g/mol. The minimum absolute atomic E-state index is 0.178. The highest BCUT2D eigenvalue weighted by atomic mass is 35.5. The predicted molar refractivity (Wildman–Crippen MR) is 149 cm³/mol. The van der Waals surface area contributed by atoms with Crippen LogP contribution in [0.1, 0.15) is 26.3 Å². The number of alkyl halides is 4. The number of hydrogen-bond donors (Lipinski definition) is 0. The van der Waals surface area contributed by atoms with Crippen LogP contribution in [-0.4, -0.2) is 59.1 Å². The fourth-order valence-electron chi connectivity index (χ4n) is 5.32. The molecule has 1 heterocycles. The molecule has 4 atom stereocenters. The van der Waals surface area contributed by atoms with Crippen molar-refractivity contribution in [2.45, 2.75) is 21.0 Å². The third-order valence-corrected chi connectivity index (χ3v) is 11.6. The Balaban J connectivity index is 1.61. The Morgan fingerprint density at radius 3 is 1.95 bits per heavy atom. The first kappa shape index (κ1) is 29.1. The Bertz CT molecular complexity index is 1520. The van der Waals surface area contributed by atoms with E-state index >= 15 is 0 Å². The number of aryl methyl sites for hydroxylation is 1. The summed E-state index contributed by atoms with van der Waals surface area (Å²) in [6.45, 7) is 1.01. The molecule has 2 fully saturated rings. The van der Waals surface area contributed by atoms with Crippen molar-refractivity contribution in [1.29, 1.82) is 0 Å². The number of nitro benzene ring substituents is 1. The number of hydrazine groups is 1. The molecule has 1 saturated heterocycles. The van der Waals surface area contributed by atoms with Crippen LogP contribution in [0.2, 0.25) is 0 Å². The molecule has 9 nitrogen and oxygen atoms in total. The van der Waals surface area contributed by atoms with Crippen molar-refractivity contribution in [2.24, 2.45) is 11.8 Å². The molecule has 0 aromatic heterocycles. The number of non-ortho nitro benzene ring substituents is 1. The SMILES string of the molecule is Cc1ccc(C(=O)CN(C(=O)c2cccc([N+](=O)[O-])c2)N2C(=O)[C@@H]3[C@H](C2=O)[C@@]2(Cl)C(Cl)=C(Cl)[C@@]3(Cl)C2(Cl)Cl)cc1. The van der Waals surface area contributed by atoms with Crippen molar-refractivity contribution in [3.63, 3.8) is 0 Å². The molecule has 0 unspecified atom stereocenters. The van der Waals surface area contributed by atoms with Gasteiger partial charge in [-0.05, 0) is 13.0 Å². The molecule has 1 aliphatic heterocycles. The van der Waals surface area contributed by atoms with Gasteiger partial charge in [0.1, 0.15) is 16.3 Å². The second-order valence-electron chi connectivity index (χ2n) is 9.53. The minimum atomic E-state index is -2.20. The Labute approximate surface area is 256 Å². The molecule has 0 N–H and O–H groups in total. The van der Waals surface area contributed by atoms with Crippen LogP contribution in [0.5, 0.6) is 0 Å². The summed E-state index contributed by atoms with van der Waals surface area (Å²) in [6.07, 6.45) is 0. The molecule has 3 aliphatic rings. The zero-order chi connectivity index (χ0) is 29.5. The molecule has 2 bridgehead atoms. The van der Waals surface area contributed by atoms with E-state index in [0.29, 0.717) is 10.0 Å². The normalized spacial score (nSPS) is 28.2. The number of nitro groups is 1. The van der Waals surface area contributed by atoms with Gasteiger partial charge >= 0.3 is 0 Å². The minimum Gasteiger partial charge on any atom is -0.292 e. The molecule has 0 spiro atoms. The monoisotopic (exact) mass is 663 g/mol. The standard InChI is InChI=1S/C25H15Cl6N3O6/c1-11-5-7-12(8-6-11)15(35)10-32(20(36)13-3-2-4-14(9-13)34(39)40)33-21(37)16-17(22(33)38)24(29)19(27)18(26)23(16,28)25(24,30)31/h2-9,16-17H,10H2,1H3/t16-,17+,23-,24-/m1/s1. The van der Waals surface area contributed by atoms with E-state index in [4.69, 9.17) is 69.6 Å². The van der Waals surface area contributed by atoms with Crippen molar-refractivity contribution in [3.05, 3.63) is 85.4 Å². The number of hydrogen-bond acceptors (Lipinski definition) is 6. The second kappa shape index (κ2) is 9.58. The predicted octanol–water partition coefficient (Wildman–Crippen LogP) is 5.59. The van der Waals surface area contributed by atoms with E-state index in [1.54, 1.807) is 12.1 Å². The number of carbonyl (C=O) groups excluding carboxylic acids is 4. The molecule has 3 amide bonds. The number of nitrogens with zero attached hydrogens (tertiary/aromatic N) is 3. The number of imide groups is 1. The van der Waals surface area contributed by atoms with Crippen molar-refractivity contribution >= 4 is 98.8 Å². The number of allylic oxidation sites excluding steroid dienone is 2. The van der Waals surface area contributed by atoms with Crippen LogP contribution in [0.25, 0.3) is 0 Å². The van der Waals surface area contributed by atoms with Gasteiger partial charge in [-0.3, -0.25) is 29.3 Å². The summed E-state index contributed by atoms with van der Waals surface area (Å²) in [4.78, 5) is 61.2. The van der Waals surface area contributed by atoms with Gasteiger partial charge in [0.15, 0.2) is 10.1 Å². The summed E-state index contributed by atoms with van der Waals surface area (Å²) in [5, 5.41) is 11.7. The Morgan fingerprint density at radius 2 is 1.45 bits per heavy atom. The molecule has 40 heavy (non-hydrogen) atoms. The van der Waals surface area contributed by atoms with Gasteiger partial charge < -0.3 is 0 Å². The molecular formula is C25H15Cl6N3O6. The summed E-state index contributed by atoms with van der Waals surface area (Å²) in [5.74, 6) is -6.93. The fourth-order valence-corrected chi connectivity index (χ4v) is 8.25. The van der Waals surface area contributed by atoms with Gasteiger partial charge in [0.2, 0.25) is 0 Å². The number of fused-ring (bicyclic) bond motifs is 5. The Morgan fingerprint density at radius 1 is 0.925 bits per heavy atom. The van der Waals surface area contributed by atoms with E-state index in [1.807, 2.05) is 6.92 Å².